The number of rotatable bonds is 6. The molecule has 4 bridgehead atoms. The Kier molecular flexibility index (Phi) is 6.86. The quantitative estimate of drug-likeness (QED) is 0.434. The summed E-state index contributed by atoms with van der Waals surface area (Å²) in [6.07, 6.45) is 6.17. The summed E-state index contributed by atoms with van der Waals surface area (Å²) in [5.41, 5.74) is -0.212. The van der Waals surface area contributed by atoms with Crippen molar-refractivity contribution >= 4 is 38.7 Å². The van der Waals surface area contributed by atoms with Gasteiger partial charge in [0.15, 0.2) is 5.82 Å². The van der Waals surface area contributed by atoms with E-state index in [0.29, 0.717) is 47.5 Å². The van der Waals surface area contributed by atoms with Gasteiger partial charge in [-0.2, -0.15) is 9.97 Å². The maximum atomic E-state index is 15.4. The van der Waals surface area contributed by atoms with Crippen LogP contribution in [0.2, 0.25) is 0 Å². The highest BCUT2D eigenvalue weighted by molar-refractivity contribution is 9.10. The number of ether oxygens (including phenoxy) is 3. The summed E-state index contributed by atoms with van der Waals surface area (Å²) in [6, 6.07) is 4.82. The van der Waals surface area contributed by atoms with Crippen LogP contribution in [0.3, 0.4) is 0 Å². The second kappa shape index (κ2) is 10.2. The normalized spacial score (nSPS) is 28.8. The van der Waals surface area contributed by atoms with Gasteiger partial charge in [0.1, 0.15) is 16.9 Å². The molecule has 7 rings (SSSR count). The van der Waals surface area contributed by atoms with Crippen LogP contribution in [0.5, 0.6) is 6.01 Å². The van der Waals surface area contributed by atoms with Gasteiger partial charge in [0.05, 0.1) is 36.4 Å². The van der Waals surface area contributed by atoms with Crippen molar-refractivity contribution in [3.05, 3.63) is 22.4 Å². The standard InChI is InChI=1S/C30H39BrFN5O4/c1-29(2,3)41-28(38)37-18-4-5-19(37)13-35(12-18)26-22-8-9-23(31)24(32)25(22)33-27(34-26)40-17-30(10-11-30)16-36-20-6-7-21(36)15-39-14-20/h8-9,18-21H,4-7,10-17H2,1-3H3. The van der Waals surface area contributed by atoms with Gasteiger partial charge < -0.3 is 19.1 Å². The number of carbonyl (C=O) groups excluding carboxylic acids is 1. The van der Waals surface area contributed by atoms with Crippen LogP contribution in [0.4, 0.5) is 15.0 Å². The van der Waals surface area contributed by atoms with E-state index >= 15 is 4.39 Å². The minimum absolute atomic E-state index is 0.0110. The monoisotopic (exact) mass is 631 g/mol. The molecule has 4 atom stereocenters. The van der Waals surface area contributed by atoms with E-state index < -0.39 is 11.4 Å². The summed E-state index contributed by atoms with van der Waals surface area (Å²) in [5, 5.41) is 0.647. The zero-order valence-corrected chi connectivity index (χ0v) is 25.7. The SMILES string of the molecule is CC(C)(C)OC(=O)N1C2CCC1CN(c1nc(OCC3(CN4C5CCC4COC5)CC3)nc3c(F)c(Br)ccc13)C2. The van der Waals surface area contributed by atoms with E-state index in [4.69, 9.17) is 19.2 Å². The molecule has 5 fully saturated rings. The molecule has 9 nitrogen and oxygen atoms in total. The topological polar surface area (TPSA) is 80.3 Å². The smallest absolute Gasteiger partial charge is 0.410 e. The summed E-state index contributed by atoms with van der Waals surface area (Å²) in [5.74, 6) is 0.241. The zero-order valence-electron chi connectivity index (χ0n) is 24.1. The Labute approximate surface area is 248 Å². The molecule has 4 aliphatic heterocycles. The Morgan fingerprint density at radius 2 is 1.73 bits per heavy atom. The number of nitrogens with zero attached hydrogens (tertiary/aromatic N) is 5. The number of hydrogen-bond donors (Lipinski definition) is 0. The first kappa shape index (κ1) is 27.6. The molecule has 1 aromatic carbocycles. The van der Waals surface area contributed by atoms with Gasteiger partial charge in [-0.15, -0.1) is 0 Å². The maximum absolute atomic E-state index is 15.4. The first-order chi connectivity index (χ1) is 19.6. The molecule has 1 amide bonds. The van der Waals surface area contributed by atoms with Crippen molar-refractivity contribution in [2.45, 2.75) is 89.1 Å². The van der Waals surface area contributed by atoms with Crippen molar-refractivity contribution in [3.8, 4) is 6.01 Å². The van der Waals surface area contributed by atoms with Gasteiger partial charge >= 0.3 is 12.1 Å². The average molecular weight is 633 g/mol. The molecule has 1 saturated carbocycles. The first-order valence-corrected chi connectivity index (χ1v) is 15.8. The molecule has 1 aromatic heterocycles. The van der Waals surface area contributed by atoms with Crippen LogP contribution in [0.25, 0.3) is 10.9 Å². The fraction of sp³-hybridized carbons (Fsp3) is 0.700. The summed E-state index contributed by atoms with van der Waals surface area (Å²) in [4.78, 5) is 29.2. The number of fused-ring (bicyclic) bond motifs is 5. The highest BCUT2D eigenvalue weighted by Crippen LogP contribution is 2.49. The lowest BCUT2D eigenvalue weighted by molar-refractivity contribution is -0.0271. The first-order valence-electron chi connectivity index (χ1n) is 15.0. The lowest BCUT2D eigenvalue weighted by Crippen LogP contribution is -2.57. The summed E-state index contributed by atoms with van der Waals surface area (Å²) in [7, 11) is 0. The van der Waals surface area contributed by atoms with Crippen LogP contribution in [-0.2, 0) is 9.47 Å². The number of morpholine rings is 1. The molecule has 0 radical (unpaired) electrons. The highest BCUT2D eigenvalue weighted by Gasteiger charge is 2.50. The fourth-order valence-electron chi connectivity index (χ4n) is 7.20. The van der Waals surface area contributed by atoms with E-state index in [2.05, 4.69) is 30.7 Å². The fourth-order valence-corrected chi connectivity index (χ4v) is 7.52. The second-order valence-corrected chi connectivity index (χ2v) is 14.5. The Bertz CT molecular complexity index is 1320. The number of anilines is 1. The number of halogens is 2. The predicted octanol–water partition coefficient (Wildman–Crippen LogP) is 5.14. The van der Waals surface area contributed by atoms with E-state index in [1.165, 1.54) is 12.8 Å². The van der Waals surface area contributed by atoms with Crippen molar-refractivity contribution < 1.29 is 23.4 Å². The van der Waals surface area contributed by atoms with Crippen molar-refractivity contribution in [3.63, 3.8) is 0 Å². The van der Waals surface area contributed by atoms with Crippen molar-refractivity contribution in [1.29, 1.82) is 0 Å². The van der Waals surface area contributed by atoms with Crippen LogP contribution >= 0.6 is 15.9 Å². The van der Waals surface area contributed by atoms with Crippen LogP contribution in [0.15, 0.2) is 16.6 Å². The van der Waals surface area contributed by atoms with Gasteiger partial charge in [-0.05, 0) is 87.4 Å². The molecule has 4 unspecified atom stereocenters. The van der Waals surface area contributed by atoms with Crippen LogP contribution in [0.1, 0.15) is 59.3 Å². The lowest BCUT2D eigenvalue weighted by Gasteiger charge is -2.42. The molecule has 41 heavy (non-hydrogen) atoms. The lowest BCUT2D eigenvalue weighted by atomic mass is 10.1. The molecule has 2 aromatic rings. The molecule has 5 heterocycles. The molecule has 0 N–H and O–H groups in total. The molecule has 4 saturated heterocycles. The van der Waals surface area contributed by atoms with Gasteiger partial charge in [0.25, 0.3) is 0 Å². The molecule has 0 spiro atoms. The van der Waals surface area contributed by atoms with Gasteiger partial charge in [-0.25, -0.2) is 9.18 Å². The summed E-state index contributed by atoms with van der Waals surface area (Å²) < 4.78 is 33.6. The molecule has 5 aliphatic rings. The molecular formula is C30H39BrFN5O4. The van der Waals surface area contributed by atoms with Crippen LogP contribution < -0.4 is 9.64 Å². The summed E-state index contributed by atoms with van der Waals surface area (Å²) >= 11 is 3.33. The Morgan fingerprint density at radius 3 is 2.37 bits per heavy atom. The minimum atomic E-state index is -0.548. The third-order valence-corrected chi connectivity index (χ3v) is 10.1. The van der Waals surface area contributed by atoms with E-state index in [9.17, 15) is 4.79 Å². The third-order valence-electron chi connectivity index (χ3n) is 9.48. The van der Waals surface area contributed by atoms with Crippen LogP contribution in [0, 0.1) is 11.2 Å². The highest BCUT2D eigenvalue weighted by atomic mass is 79.9. The third kappa shape index (κ3) is 5.27. The second-order valence-electron chi connectivity index (χ2n) is 13.6. The molecule has 11 heteroatoms. The number of piperazine rings is 1. The van der Waals surface area contributed by atoms with Gasteiger partial charge in [0.2, 0.25) is 0 Å². The van der Waals surface area contributed by atoms with Gasteiger partial charge in [0, 0.05) is 42.5 Å². The largest absolute Gasteiger partial charge is 0.463 e. The van der Waals surface area contributed by atoms with E-state index in [1.54, 1.807) is 6.07 Å². The molecule has 1 aliphatic carbocycles. The zero-order chi connectivity index (χ0) is 28.5. The Balaban J connectivity index is 1.13. The van der Waals surface area contributed by atoms with E-state index in [1.807, 2.05) is 31.7 Å². The molecular weight excluding hydrogens is 593 g/mol. The van der Waals surface area contributed by atoms with Gasteiger partial charge in [-0.3, -0.25) is 9.80 Å². The number of benzene rings is 1. The number of carbonyl (C=O) groups is 1. The van der Waals surface area contributed by atoms with E-state index in [-0.39, 0.29) is 35.1 Å². The number of hydrogen-bond acceptors (Lipinski definition) is 8. The van der Waals surface area contributed by atoms with Crippen LogP contribution in [-0.4, -0.2) is 95.1 Å². The van der Waals surface area contributed by atoms with E-state index in [0.717, 1.165) is 45.4 Å². The number of amides is 1. The van der Waals surface area contributed by atoms with Crippen molar-refractivity contribution in [2.24, 2.45) is 5.41 Å². The Morgan fingerprint density at radius 1 is 1.07 bits per heavy atom. The van der Waals surface area contributed by atoms with Gasteiger partial charge in [-0.1, -0.05) is 0 Å². The number of aromatic nitrogens is 2. The van der Waals surface area contributed by atoms with Crippen molar-refractivity contribution in [1.82, 2.24) is 19.8 Å². The Hall–Kier alpha value is -2.24. The minimum Gasteiger partial charge on any atom is -0.463 e. The molecule has 222 valence electrons. The predicted molar refractivity (Wildman–Crippen MR) is 156 cm³/mol. The average Bonchev–Trinajstić information content (AvgIpc) is 3.59. The summed E-state index contributed by atoms with van der Waals surface area (Å²) in [6.45, 7) is 10.0. The maximum Gasteiger partial charge on any atom is 0.410 e. The van der Waals surface area contributed by atoms with Crippen molar-refractivity contribution in [2.75, 3.05) is 44.4 Å².